The molecule has 1 saturated heterocycles. The second kappa shape index (κ2) is 7.84. The van der Waals surface area contributed by atoms with Gasteiger partial charge in [0.1, 0.15) is 17.2 Å². The highest BCUT2D eigenvalue weighted by Crippen LogP contribution is 2.50. The number of fused-ring (bicyclic) bond motifs is 1. The van der Waals surface area contributed by atoms with Gasteiger partial charge in [-0.3, -0.25) is 4.90 Å². The molecule has 2 aliphatic rings. The van der Waals surface area contributed by atoms with Crippen LogP contribution in [0.1, 0.15) is 30.4 Å². The lowest BCUT2D eigenvalue weighted by molar-refractivity contribution is -0.0669. The lowest BCUT2D eigenvalue weighted by atomic mass is 9.68. The molecule has 0 spiro atoms. The van der Waals surface area contributed by atoms with Gasteiger partial charge < -0.3 is 14.6 Å². The Balaban J connectivity index is 1.59. The predicted octanol–water partition coefficient (Wildman–Crippen LogP) is 2.89. The molecular formula is C21H25F2N3O3. The summed E-state index contributed by atoms with van der Waals surface area (Å²) < 4.78 is 37.6. The van der Waals surface area contributed by atoms with Crippen LogP contribution in [0.4, 0.5) is 8.78 Å². The highest BCUT2D eigenvalue weighted by Gasteiger charge is 2.51. The van der Waals surface area contributed by atoms with E-state index in [0.29, 0.717) is 36.5 Å². The van der Waals surface area contributed by atoms with Gasteiger partial charge in [0.15, 0.2) is 0 Å². The van der Waals surface area contributed by atoms with Crippen molar-refractivity contribution in [2.75, 3.05) is 27.3 Å². The van der Waals surface area contributed by atoms with Gasteiger partial charge >= 0.3 is 6.01 Å². The molecule has 1 aromatic carbocycles. The first-order valence-corrected chi connectivity index (χ1v) is 9.78. The summed E-state index contributed by atoms with van der Waals surface area (Å²) in [4.78, 5) is 10.6. The maximum atomic E-state index is 13.6. The molecule has 0 amide bonds. The minimum atomic E-state index is -1.12. The van der Waals surface area contributed by atoms with Gasteiger partial charge in [0.05, 0.1) is 19.8 Å². The molecule has 0 radical (unpaired) electrons. The Morgan fingerprint density at radius 3 is 2.62 bits per heavy atom. The van der Waals surface area contributed by atoms with Crippen LogP contribution in [-0.2, 0) is 12.1 Å². The first-order chi connectivity index (χ1) is 13.9. The van der Waals surface area contributed by atoms with Gasteiger partial charge in [0.25, 0.3) is 0 Å². The molecular weight excluding hydrogens is 380 g/mol. The average Bonchev–Trinajstić information content (AvgIpc) is 3.10. The number of likely N-dealkylation sites (tertiary alicyclic amines) is 1. The first-order valence-electron chi connectivity index (χ1n) is 9.78. The van der Waals surface area contributed by atoms with Crippen molar-refractivity contribution in [3.63, 3.8) is 0 Å². The fraction of sp³-hybridized carbons (Fsp3) is 0.524. The van der Waals surface area contributed by atoms with E-state index in [-0.39, 0.29) is 17.8 Å². The van der Waals surface area contributed by atoms with E-state index >= 15 is 0 Å². The van der Waals surface area contributed by atoms with Gasteiger partial charge in [0.2, 0.25) is 5.88 Å². The Morgan fingerprint density at radius 1 is 1.17 bits per heavy atom. The molecule has 1 aliphatic carbocycles. The second-order valence-electron chi connectivity index (χ2n) is 7.93. The van der Waals surface area contributed by atoms with Crippen molar-refractivity contribution in [3.8, 4) is 11.9 Å². The van der Waals surface area contributed by atoms with E-state index in [1.165, 1.54) is 26.4 Å². The summed E-state index contributed by atoms with van der Waals surface area (Å²) in [5.74, 6) is -0.605. The SMILES string of the molecule is COc1ncc(C2(O)CCCC3CN(Cc4cc(F)cc(F)c4)CC32)c(OC)n1. The van der Waals surface area contributed by atoms with E-state index < -0.39 is 17.2 Å². The van der Waals surface area contributed by atoms with Crippen molar-refractivity contribution in [2.24, 2.45) is 11.8 Å². The van der Waals surface area contributed by atoms with E-state index in [1.54, 1.807) is 6.20 Å². The van der Waals surface area contributed by atoms with Crippen molar-refractivity contribution in [1.29, 1.82) is 0 Å². The van der Waals surface area contributed by atoms with Gasteiger partial charge in [-0.15, -0.1) is 0 Å². The van der Waals surface area contributed by atoms with Crippen LogP contribution in [0.25, 0.3) is 0 Å². The summed E-state index contributed by atoms with van der Waals surface area (Å²) in [5, 5.41) is 11.7. The molecule has 156 valence electrons. The maximum Gasteiger partial charge on any atom is 0.319 e. The van der Waals surface area contributed by atoms with Crippen LogP contribution in [0, 0.1) is 23.5 Å². The summed E-state index contributed by atoms with van der Waals surface area (Å²) in [5.41, 5.74) is 0.0341. The third-order valence-corrected chi connectivity index (χ3v) is 6.17. The number of aromatic nitrogens is 2. The quantitative estimate of drug-likeness (QED) is 0.825. The molecule has 3 unspecified atom stereocenters. The van der Waals surface area contributed by atoms with Crippen molar-refractivity contribution in [1.82, 2.24) is 14.9 Å². The molecule has 2 heterocycles. The summed E-state index contributed by atoms with van der Waals surface area (Å²) >= 11 is 0. The Labute approximate surface area is 168 Å². The number of hydrogen-bond acceptors (Lipinski definition) is 6. The first kappa shape index (κ1) is 20.0. The van der Waals surface area contributed by atoms with E-state index in [4.69, 9.17) is 9.47 Å². The normalized spacial score (nSPS) is 26.9. The lowest BCUT2D eigenvalue weighted by Gasteiger charge is -2.41. The summed E-state index contributed by atoms with van der Waals surface area (Å²) in [6.07, 6.45) is 4.04. The molecule has 1 aliphatic heterocycles. The Morgan fingerprint density at radius 2 is 1.93 bits per heavy atom. The van der Waals surface area contributed by atoms with Crippen LogP contribution in [0.3, 0.4) is 0 Å². The van der Waals surface area contributed by atoms with Gasteiger partial charge in [-0.05, 0) is 42.9 Å². The molecule has 0 bridgehead atoms. The molecule has 8 heteroatoms. The molecule has 3 atom stereocenters. The van der Waals surface area contributed by atoms with E-state index in [2.05, 4.69) is 14.9 Å². The minimum absolute atomic E-state index is 0.0412. The van der Waals surface area contributed by atoms with Crippen LogP contribution in [-0.4, -0.2) is 47.3 Å². The summed E-state index contributed by atoms with van der Waals surface area (Å²) in [7, 11) is 2.98. The number of aliphatic hydroxyl groups is 1. The van der Waals surface area contributed by atoms with Crippen molar-refractivity contribution in [2.45, 2.75) is 31.4 Å². The zero-order valence-corrected chi connectivity index (χ0v) is 16.6. The number of nitrogens with zero attached hydrogens (tertiary/aromatic N) is 3. The molecule has 1 N–H and O–H groups in total. The molecule has 4 rings (SSSR count). The van der Waals surface area contributed by atoms with E-state index in [9.17, 15) is 13.9 Å². The van der Waals surface area contributed by atoms with E-state index in [0.717, 1.165) is 25.5 Å². The van der Waals surface area contributed by atoms with Crippen molar-refractivity contribution in [3.05, 3.63) is 47.2 Å². The standard InChI is InChI=1S/C21H25F2N3O3/c1-28-19-17(9-24-20(25-19)29-2)21(27)5-3-4-14-11-26(12-18(14)21)10-13-6-15(22)8-16(23)7-13/h6-9,14,18,27H,3-5,10-12H2,1-2H3. The Bertz CT molecular complexity index is 877. The average molecular weight is 405 g/mol. The smallest absolute Gasteiger partial charge is 0.319 e. The van der Waals surface area contributed by atoms with Crippen LogP contribution in [0.15, 0.2) is 24.4 Å². The molecule has 1 aromatic heterocycles. The third kappa shape index (κ3) is 3.79. The molecule has 1 saturated carbocycles. The Hall–Kier alpha value is -2.32. The largest absolute Gasteiger partial charge is 0.481 e. The number of rotatable bonds is 5. The number of benzene rings is 1. The van der Waals surface area contributed by atoms with Crippen LogP contribution in [0.2, 0.25) is 0 Å². The van der Waals surface area contributed by atoms with Gasteiger partial charge in [0, 0.05) is 37.8 Å². The minimum Gasteiger partial charge on any atom is -0.481 e. The summed E-state index contributed by atoms with van der Waals surface area (Å²) in [6, 6.07) is 3.78. The number of ether oxygens (including phenoxy) is 2. The van der Waals surface area contributed by atoms with Crippen molar-refractivity contribution < 1.29 is 23.4 Å². The van der Waals surface area contributed by atoms with Gasteiger partial charge in [-0.1, -0.05) is 0 Å². The number of methoxy groups -OCH3 is 2. The molecule has 29 heavy (non-hydrogen) atoms. The predicted molar refractivity (Wildman–Crippen MR) is 101 cm³/mol. The topological polar surface area (TPSA) is 67.7 Å². The molecule has 6 nitrogen and oxygen atoms in total. The number of hydrogen-bond donors (Lipinski definition) is 1. The van der Waals surface area contributed by atoms with Crippen molar-refractivity contribution >= 4 is 0 Å². The zero-order valence-electron chi connectivity index (χ0n) is 16.6. The maximum absolute atomic E-state index is 13.6. The second-order valence-corrected chi connectivity index (χ2v) is 7.93. The molecule has 2 aromatic rings. The summed E-state index contributed by atoms with van der Waals surface area (Å²) in [6.45, 7) is 1.83. The van der Waals surface area contributed by atoms with Crippen LogP contribution < -0.4 is 9.47 Å². The lowest BCUT2D eigenvalue weighted by Crippen LogP contribution is -2.43. The van der Waals surface area contributed by atoms with Crippen LogP contribution in [0.5, 0.6) is 11.9 Å². The monoisotopic (exact) mass is 405 g/mol. The highest BCUT2D eigenvalue weighted by atomic mass is 19.1. The number of halogens is 2. The molecule has 2 fully saturated rings. The third-order valence-electron chi connectivity index (χ3n) is 6.17. The van der Waals surface area contributed by atoms with Gasteiger partial charge in [-0.2, -0.15) is 4.98 Å². The zero-order chi connectivity index (χ0) is 20.6. The van der Waals surface area contributed by atoms with E-state index in [1.807, 2.05) is 0 Å². The fourth-order valence-corrected chi connectivity index (χ4v) is 4.94. The van der Waals surface area contributed by atoms with Gasteiger partial charge in [-0.25, -0.2) is 13.8 Å². The fourth-order valence-electron chi connectivity index (χ4n) is 4.94. The highest BCUT2D eigenvalue weighted by molar-refractivity contribution is 5.33. The Kier molecular flexibility index (Phi) is 5.40. The van der Waals surface area contributed by atoms with Crippen LogP contribution >= 0.6 is 0 Å².